The molecule has 0 aromatic carbocycles. The van der Waals surface area contributed by atoms with E-state index in [1.165, 1.54) is 0 Å². The van der Waals surface area contributed by atoms with Gasteiger partial charge in [0.15, 0.2) is 5.67 Å². The van der Waals surface area contributed by atoms with E-state index in [1.807, 2.05) is 0 Å². The zero-order valence-electron chi connectivity index (χ0n) is 10.5. The first kappa shape index (κ1) is 17.9. The maximum absolute atomic E-state index is 14.4. The Labute approximate surface area is 116 Å². The van der Waals surface area contributed by atoms with E-state index in [0.717, 1.165) is 0 Å². The summed E-state index contributed by atoms with van der Waals surface area (Å²) in [5.74, 6) is -1.88. The van der Waals surface area contributed by atoms with E-state index < -0.39 is 41.9 Å². The molecule has 0 amide bonds. The molecule has 1 N–H and O–H groups in total. The number of hydrogen-bond acceptors (Lipinski definition) is 2. The Morgan fingerprint density at radius 3 is 1.70 bits per heavy atom. The van der Waals surface area contributed by atoms with Crippen LogP contribution >= 0.6 is 12.6 Å². The zero-order chi connectivity index (χ0) is 16.0. The first-order chi connectivity index (χ1) is 8.93. The Hall–Kier alpha value is -0.180. The molecule has 2 bridgehead atoms. The molecule has 9 heteroatoms. The van der Waals surface area contributed by atoms with Crippen molar-refractivity contribution in [2.45, 2.75) is 49.3 Å². The lowest BCUT2D eigenvalue weighted by Gasteiger charge is -2.45. The summed E-state index contributed by atoms with van der Waals surface area (Å²) in [5.41, 5.74) is -8.93. The van der Waals surface area contributed by atoms with Crippen molar-refractivity contribution in [1.82, 2.24) is 0 Å². The smallest absolute Gasteiger partial charge is 0.371 e. The maximum Gasteiger partial charge on any atom is 0.429 e. The first-order valence-corrected chi connectivity index (χ1v) is 6.82. The molecule has 0 aliphatic heterocycles. The van der Waals surface area contributed by atoms with Crippen molar-refractivity contribution in [1.29, 1.82) is 0 Å². The van der Waals surface area contributed by atoms with Crippen molar-refractivity contribution in [2.24, 2.45) is 11.8 Å². The lowest BCUT2D eigenvalue weighted by Crippen LogP contribution is -2.70. The van der Waals surface area contributed by atoms with Crippen LogP contribution in [0.4, 0.5) is 30.7 Å². The highest BCUT2D eigenvalue weighted by atomic mass is 32.1. The van der Waals surface area contributed by atoms with Gasteiger partial charge in [-0.3, -0.25) is 0 Å². The Morgan fingerprint density at radius 2 is 1.45 bits per heavy atom. The van der Waals surface area contributed by atoms with Crippen LogP contribution in [0.15, 0.2) is 0 Å². The van der Waals surface area contributed by atoms with Gasteiger partial charge in [0.1, 0.15) is 0 Å². The van der Waals surface area contributed by atoms with Gasteiger partial charge in [-0.25, -0.2) is 4.39 Å². The Morgan fingerprint density at radius 1 is 1.00 bits per heavy atom. The van der Waals surface area contributed by atoms with Gasteiger partial charge in [-0.2, -0.15) is 39.0 Å². The molecule has 2 rings (SSSR count). The molecular formula is C11H15F7OS. The van der Waals surface area contributed by atoms with Crippen LogP contribution in [0, 0.1) is 11.8 Å². The normalized spacial score (nSPS) is 33.9. The highest BCUT2D eigenvalue weighted by molar-refractivity contribution is 7.79. The monoisotopic (exact) mass is 328 g/mol. The third kappa shape index (κ3) is 2.30. The van der Waals surface area contributed by atoms with Gasteiger partial charge in [0.25, 0.3) is 5.60 Å². The number of aliphatic hydroxyl groups is 1. The number of alkyl halides is 7. The van der Waals surface area contributed by atoms with Crippen LogP contribution < -0.4 is 0 Å². The Balaban J connectivity index is 0.000000956. The van der Waals surface area contributed by atoms with Gasteiger partial charge in [-0.15, -0.1) is 0 Å². The van der Waals surface area contributed by atoms with E-state index in [2.05, 4.69) is 12.6 Å². The summed E-state index contributed by atoms with van der Waals surface area (Å²) in [5, 5.41) is 9.14. The van der Waals surface area contributed by atoms with E-state index >= 15 is 0 Å². The van der Waals surface area contributed by atoms with Crippen molar-refractivity contribution >= 4 is 12.6 Å². The number of thiol groups is 1. The minimum atomic E-state index is -6.08. The first-order valence-electron chi connectivity index (χ1n) is 5.93. The van der Waals surface area contributed by atoms with Crippen molar-refractivity contribution in [3.05, 3.63) is 0 Å². The lowest BCUT2D eigenvalue weighted by molar-refractivity contribution is -0.408. The van der Waals surface area contributed by atoms with Gasteiger partial charge in [0.2, 0.25) is 0 Å². The predicted octanol–water partition coefficient (Wildman–Crippen LogP) is 3.92. The molecule has 0 spiro atoms. The fourth-order valence-corrected chi connectivity index (χ4v) is 3.34. The molecule has 3 atom stereocenters. The highest BCUT2D eigenvalue weighted by Gasteiger charge is 2.83. The van der Waals surface area contributed by atoms with Crippen LogP contribution in [0.2, 0.25) is 0 Å². The van der Waals surface area contributed by atoms with E-state index in [-0.39, 0.29) is 12.8 Å². The van der Waals surface area contributed by atoms with Gasteiger partial charge in [-0.1, -0.05) is 0 Å². The van der Waals surface area contributed by atoms with Crippen LogP contribution in [-0.2, 0) is 0 Å². The third-order valence-corrected chi connectivity index (χ3v) is 4.20. The summed E-state index contributed by atoms with van der Waals surface area (Å²) in [7, 11) is 0. The van der Waals surface area contributed by atoms with Crippen LogP contribution in [0.3, 0.4) is 0 Å². The average molecular weight is 328 g/mol. The van der Waals surface area contributed by atoms with Crippen LogP contribution in [0.25, 0.3) is 0 Å². The highest BCUT2D eigenvalue weighted by Crippen LogP contribution is 2.63. The van der Waals surface area contributed by atoms with E-state index in [4.69, 9.17) is 5.11 Å². The lowest BCUT2D eigenvalue weighted by atomic mass is 9.72. The van der Waals surface area contributed by atoms with Crippen LogP contribution in [-0.4, -0.2) is 35.0 Å². The molecule has 3 unspecified atom stereocenters. The van der Waals surface area contributed by atoms with Crippen molar-refractivity contribution in [3.8, 4) is 0 Å². The minimum absolute atomic E-state index is 0.0228. The standard InChI is InChI=1S/C10H11F7O.CH4S/c11-7(4-5-1-2-6(7)3-5)8(18,9(12,13)14)10(15,16)17;1-2/h5-6,18H,1-4H2;2H,1H3. The summed E-state index contributed by atoms with van der Waals surface area (Å²) in [6.07, 6.45) is -11.0. The van der Waals surface area contributed by atoms with E-state index in [1.54, 1.807) is 6.26 Å². The van der Waals surface area contributed by atoms with Crippen molar-refractivity contribution in [2.75, 3.05) is 6.26 Å². The summed E-state index contributed by atoms with van der Waals surface area (Å²) in [6, 6.07) is 0. The molecule has 2 fully saturated rings. The molecule has 2 saturated carbocycles. The molecule has 0 heterocycles. The predicted molar refractivity (Wildman–Crippen MR) is 61.3 cm³/mol. The fourth-order valence-electron chi connectivity index (χ4n) is 3.34. The molecule has 1 nitrogen and oxygen atoms in total. The minimum Gasteiger partial charge on any atom is -0.371 e. The molecule has 120 valence electrons. The quantitative estimate of drug-likeness (QED) is 0.552. The number of fused-ring (bicyclic) bond motifs is 2. The molecule has 20 heavy (non-hydrogen) atoms. The van der Waals surface area contributed by atoms with Crippen molar-refractivity contribution < 1.29 is 35.8 Å². The van der Waals surface area contributed by atoms with Gasteiger partial charge >= 0.3 is 12.4 Å². The average Bonchev–Trinajstić information content (AvgIpc) is 2.87. The molecule has 0 aromatic heterocycles. The summed E-state index contributed by atoms with van der Waals surface area (Å²) in [6.45, 7) is 0. The van der Waals surface area contributed by atoms with Crippen LogP contribution in [0.5, 0.6) is 0 Å². The van der Waals surface area contributed by atoms with Crippen molar-refractivity contribution in [3.63, 3.8) is 0 Å². The molecule has 2 aliphatic rings. The summed E-state index contributed by atoms with van der Waals surface area (Å²) >= 11 is 3.53. The van der Waals surface area contributed by atoms with Crippen LogP contribution in [0.1, 0.15) is 25.7 Å². The van der Waals surface area contributed by atoms with Gasteiger partial charge < -0.3 is 5.11 Å². The number of halogens is 7. The Kier molecular flexibility index (Phi) is 4.67. The molecular weight excluding hydrogens is 313 g/mol. The molecule has 0 aromatic rings. The number of rotatable bonds is 1. The van der Waals surface area contributed by atoms with Gasteiger partial charge in [0, 0.05) is 0 Å². The summed E-state index contributed by atoms with van der Waals surface area (Å²) in [4.78, 5) is 0. The SMILES string of the molecule is CS.OC(C(F)(F)F)(C(F)(F)F)C1(F)CC2CCC1C2. The Bertz CT molecular complexity index is 340. The largest absolute Gasteiger partial charge is 0.429 e. The zero-order valence-corrected chi connectivity index (χ0v) is 11.4. The molecule has 0 radical (unpaired) electrons. The summed E-state index contributed by atoms with van der Waals surface area (Å²) < 4.78 is 90.0. The fraction of sp³-hybridized carbons (Fsp3) is 1.00. The second-order valence-corrected chi connectivity index (χ2v) is 5.15. The second-order valence-electron chi connectivity index (χ2n) is 5.15. The molecule has 2 aliphatic carbocycles. The maximum atomic E-state index is 14.4. The van der Waals surface area contributed by atoms with E-state index in [0.29, 0.717) is 6.42 Å². The van der Waals surface area contributed by atoms with Gasteiger partial charge in [0.05, 0.1) is 0 Å². The third-order valence-electron chi connectivity index (χ3n) is 4.20. The van der Waals surface area contributed by atoms with E-state index in [9.17, 15) is 30.7 Å². The topological polar surface area (TPSA) is 20.2 Å². The second kappa shape index (κ2) is 5.23. The molecule has 0 saturated heterocycles. The van der Waals surface area contributed by atoms with Gasteiger partial charge in [-0.05, 0) is 43.8 Å². The number of hydrogen-bond donors (Lipinski definition) is 2.